The van der Waals surface area contributed by atoms with E-state index in [2.05, 4.69) is 15.5 Å². The first-order valence-corrected chi connectivity index (χ1v) is 6.34. The predicted octanol–water partition coefficient (Wildman–Crippen LogP) is 2.11. The van der Waals surface area contributed by atoms with Gasteiger partial charge in [-0.1, -0.05) is 0 Å². The maximum absolute atomic E-state index is 10.7. The molecule has 106 valence electrons. The van der Waals surface area contributed by atoms with E-state index < -0.39 is 4.92 Å². The van der Waals surface area contributed by atoms with E-state index in [1.165, 1.54) is 12.1 Å². The molecule has 0 aliphatic rings. The Hall–Kier alpha value is -2.28. The van der Waals surface area contributed by atoms with E-state index in [0.29, 0.717) is 18.2 Å². The minimum absolute atomic E-state index is 0.0556. The number of nitro benzene ring substituents is 1. The molecule has 0 atom stereocenters. The zero-order valence-corrected chi connectivity index (χ0v) is 11.4. The molecule has 7 heteroatoms. The monoisotopic (exact) mass is 276 g/mol. The molecule has 0 amide bonds. The maximum atomic E-state index is 10.7. The molecule has 1 heterocycles. The molecule has 0 aliphatic carbocycles. The molecule has 0 saturated carbocycles. The zero-order chi connectivity index (χ0) is 14.5. The lowest BCUT2D eigenvalue weighted by Crippen LogP contribution is -2.08. The number of rotatable bonds is 6. The van der Waals surface area contributed by atoms with Crippen LogP contribution in [0.4, 0.5) is 5.69 Å². The highest BCUT2D eigenvalue weighted by Crippen LogP contribution is 2.25. The lowest BCUT2D eigenvalue weighted by atomic mass is 10.1. The molecule has 1 aromatic heterocycles. The number of aryl methyl sites for hydroxylation is 2. The van der Waals surface area contributed by atoms with Gasteiger partial charge in [0.15, 0.2) is 0 Å². The van der Waals surface area contributed by atoms with E-state index >= 15 is 0 Å². The summed E-state index contributed by atoms with van der Waals surface area (Å²) in [7, 11) is 1.89. The minimum atomic E-state index is -0.423. The van der Waals surface area contributed by atoms with Crippen LogP contribution in [0.2, 0.25) is 0 Å². The second kappa shape index (κ2) is 6.25. The van der Waals surface area contributed by atoms with E-state index in [1.807, 2.05) is 7.05 Å². The van der Waals surface area contributed by atoms with Crippen molar-refractivity contribution < 1.29 is 9.34 Å². The molecule has 1 aromatic carbocycles. The third kappa shape index (κ3) is 3.18. The average molecular weight is 276 g/mol. The molecule has 2 aromatic rings. The number of benzene rings is 1. The fourth-order valence-electron chi connectivity index (χ4n) is 1.88. The van der Waals surface area contributed by atoms with Crippen LogP contribution < -0.4 is 5.32 Å². The van der Waals surface area contributed by atoms with Crippen LogP contribution in [0.5, 0.6) is 0 Å². The van der Waals surface area contributed by atoms with Gasteiger partial charge < -0.3 is 9.73 Å². The molecule has 0 saturated heterocycles. The quantitative estimate of drug-likeness (QED) is 0.493. The summed E-state index contributed by atoms with van der Waals surface area (Å²) in [5, 5.41) is 21.7. The molecule has 0 aliphatic heterocycles. The third-order valence-electron chi connectivity index (χ3n) is 2.94. The number of aromatic nitrogens is 2. The Morgan fingerprint density at radius 2 is 2.20 bits per heavy atom. The van der Waals surface area contributed by atoms with Crippen LogP contribution >= 0.6 is 0 Å². The Morgan fingerprint density at radius 3 is 2.85 bits per heavy atom. The highest BCUT2D eigenvalue weighted by Gasteiger charge is 2.14. The van der Waals surface area contributed by atoms with Crippen LogP contribution in [0.25, 0.3) is 11.5 Å². The molecule has 2 rings (SSSR count). The topological polar surface area (TPSA) is 94.1 Å². The Morgan fingerprint density at radius 1 is 1.40 bits per heavy atom. The largest absolute Gasteiger partial charge is 0.421 e. The second-order valence-corrected chi connectivity index (χ2v) is 4.46. The molecular weight excluding hydrogens is 260 g/mol. The summed E-state index contributed by atoms with van der Waals surface area (Å²) in [4.78, 5) is 10.3. The first kappa shape index (κ1) is 14.1. The second-order valence-electron chi connectivity index (χ2n) is 4.46. The van der Waals surface area contributed by atoms with Crippen LogP contribution in [-0.4, -0.2) is 28.7 Å². The number of non-ortho nitro benzene ring substituents is 1. The average Bonchev–Trinajstić information content (AvgIpc) is 2.87. The van der Waals surface area contributed by atoms with Crippen LogP contribution in [0.15, 0.2) is 22.6 Å². The lowest BCUT2D eigenvalue weighted by molar-refractivity contribution is -0.384. The van der Waals surface area contributed by atoms with Crippen LogP contribution in [0.3, 0.4) is 0 Å². The molecule has 20 heavy (non-hydrogen) atoms. The summed E-state index contributed by atoms with van der Waals surface area (Å²) in [6, 6.07) is 4.58. The van der Waals surface area contributed by atoms with Crippen molar-refractivity contribution in [1.82, 2.24) is 15.5 Å². The summed E-state index contributed by atoms with van der Waals surface area (Å²) in [6.07, 6.45) is 1.62. The normalized spacial score (nSPS) is 10.7. The summed E-state index contributed by atoms with van der Waals surface area (Å²) in [6.45, 7) is 2.67. The number of nitro groups is 1. The van der Waals surface area contributed by atoms with E-state index in [4.69, 9.17) is 4.42 Å². The number of hydrogen-bond donors (Lipinski definition) is 1. The van der Waals surface area contributed by atoms with Crippen molar-refractivity contribution in [1.29, 1.82) is 0 Å². The summed E-state index contributed by atoms with van der Waals surface area (Å²) in [5.41, 5.74) is 1.52. The molecule has 7 nitrogen and oxygen atoms in total. The Kier molecular flexibility index (Phi) is 4.41. The highest BCUT2D eigenvalue weighted by molar-refractivity contribution is 5.60. The van der Waals surface area contributed by atoms with Gasteiger partial charge in [-0.05, 0) is 38.6 Å². The fraction of sp³-hybridized carbons (Fsp3) is 0.385. The maximum Gasteiger partial charge on any atom is 0.269 e. The standard InChI is InChI=1S/C13H16N4O3/c1-9-8-10(17(18)19)5-6-11(9)13-16-15-12(20-13)4-3-7-14-2/h5-6,8,14H,3-4,7H2,1-2H3. The van der Waals surface area contributed by atoms with E-state index in [9.17, 15) is 10.1 Å². The van der Waals surface area contributed by atoms with Gasteiger partial charge in [0.1, 0.15) is 0 Å². The van der Waals surface area contributed by atoms with Crippen LogP contribution in [0, 0.1) is 17.0 Å². The molecular formula is C13H16N4O3. The van der Waals surface area contributed by atoms with Crippen LogP contribution in [-0.2, 0) is 6.42 Å². The van der Waals surface area contributed by atoms with Crippen molar-refractivity contribution in [2.45, 2.75) is 19.8 Å². The van der Waals surface area contributed by atoms with Gasteiger partial charge in [0.05, 0.1) is 4.92 Å². The number of nitrogens with zero attached hydrogens (tertiary/aromatic N) is 3. The zero-order valence-electron chi connectivity index (χ0n) is 11.4. The van der Waals surface area contributed by atoms with E-state index in [-0.39, 0.29) is 5.69 Å². The Bertz CT molecular complexity index is 609. The van der Waals surface area contributed by atoms with Crippen LogP contribution in [0.1, 0.15) is 17.9 Å². The Balaban J connectivity index is 2.17. The van der Waals surface area contributed by atoms with Gasteiger partial charge in [-0.2, -0.15) is 0 Å². The first-order chi connectivity index (χ1) is 9.61. The summed E-state index contributed by atoms with van der Waals surface area (Å²) in [5.74, 6) is 0.977. The Labute approximate surface area is 116 Å². The molecule has 0 unspecified atom stereocenters. The minimum Gasteiger partial charge on any atom is -0.421 e. The highest BCUT2D eigenvalue weighted by atomic mass is 16.6. The van der Waals surface area contributed by atoms with Crippen molar-refractivity contribution in [3.8, 4) is 11.5 Å². The van der Waals surface area contributed by atoms with Gasteiger partial charge in [-0.15, -0.1) is 10.2 Å². The van der Waals surface area contributed by atoms with Crippen molar-refractivity contribution in [3.63, 3.8) is 0 Å². The third-order valence-corrected chi connectivity index (χ3v) is 2.94. The SMILES string of the molecule is CNCCCc1nnc(-c2ccc([N+](=O)[O-])cc2C)o1. The lowest BCUT2D eigenvalue weighted by Gasteiger charge is -2.00. The smallest absolute Gasteiger partial charge is 0.269 e. The van der Waals surface area contributed by atoms with Gasteiger partial charge in [-0.3, -0.25) is 10.1 Å². The fourth-order valence-corrected chi connectivity index (χ4v) is 1.88. The molecule has 1 N–H and O–H groups in total. The summed E-state index contributed by atoms with van der Waals surface area (Å²) < 4.78 is 5.58. The van der Waals surface area contributed by atoms with E-state index in [0.717, 1.165) is 24.1 Å². The van der Waals surface area contributed by atoms with Crippen molar-refractivity contribution in [2.24, 2.45) is 0 Å². The van der Waals surface area contributed by atoms with Gasteiger partial charge in [0.25, 0.3) is 5.69 Å². The molecule has 0 bridgehead atoms. The molecule has 0 fully saturated rings. The van der Waals surface area contributed by atoms with Gasteiger partial charge >= 0.3 is 0 Å². The van der Waals surface area contributed by atoms with Gasteiger partial charge in [0, 0.05) is 24.1 Å². The number of hydrogen-bond acceptors (Lipinski definition) is 6. The van der Waals surface area contributed by atoms with E-state index in [1.54, 1.807) is 13.0 Å². The predicted molar refractivity (Wildman–Crippen MR) is 73.4 cm³/mol. The van der Waals surface area contributed by atoms with Gasteiger partial charge in [0.2, 0.25) is 11.8 Å². The van der Waals surface area contributed by atoms with Gasteiger partial charge in [-0.25, -0.2) is 0 Å². The summed E-state index contributed by atoms with van der Waals surface area (Å²) >= 11 is 0. The first-order valence-electron chi connectivity index (χ1n) is 6.34. The molecule has 0 spiro atoms. The number of nitrogens with one attached hydrogen (secondary N) is 1. The van der Waals surface area contributed by atoms with Crippen molar-refractivity contribution in [2.75, 3.05) is 13.6 Å². The van der Waals surface area contributed by atoms with Crippen molar-refractivity contribution >= 4 is 5.69 Å². The van der Waals surface area contributed by atoms with Crippen molar-refractivity contribution in [3.05, 3.63) is 39.8 Å². The molecule has 0 radical (unpaired) electrons.